The van der Waals surface area contributed by atoms with Crippen molar-refractivity contribution in [3.63, 3.8) is 0 Å². The monoisotopic (exact) mass is 1160 g/mol. The van der Waals surface area contributed by atoms with E-state index in [9.17, 15) is 19.4 Å². The Morgan fingerprint density at radius 2 is 0.741 bits per heavy atom. The second-order valence-corrected chi connectivity index (χ2v) is 26.3. The molecule has 0 aliphatic carbocycles. The van der Waals surface area contributed by atoms with Gasteiger partial charge in [0.05, 0.1) is 39.9 Å². The molecule has 0 aromatic carbocycles. The molecule has 81 heavy (non-hydrogen) atoms. The van der Waals surface area contributed by atoms with Crippen molar-refractivity contribution < 1.29 is 32.9 Å². The van der Waals surface area contributed by atoms with Gasteiger partial charge in [-0.15, -0.1) is 0 Å². The molecule has 0 aliphatic rings. The second-order valence-electron chi connectivity index (χ2n) is 24.9. The first kappa shape index (κ1) is 78.9. The van der Waals surface area contributed by atoms with E-state index < -0.39 is 20.0 Å². The van der Waals surface area contributed by atoms with Gasteiger partial charge in [-0.1, -0.05) is 331 Å². The largest absolute Gasteiger partial charge is 0.472 e. The Hall–Kier alpha value is -2.06. The van der Waals surface area contributed by atoms with Gasteiger partial charge in [-0.3, -0.25) is 13.8 Å². The third-order valence-electron chi connectivity index (χ3n) is 15.7. The van der Waals surface area contributed by atoms with Crippen LogP contribution in [0.5, 0.6) is 0 Å². The number of quaternary nitrogens is 1. The lowest BCUT2D eigenvalue weighted by Crippen LogP contribution is -2.46. The smallest absolute Gasteiger partial charge is 0.391 e. The predicted octanol–water partition coefficient (Wildman–Crippen LogP) is 22.2. The summed E-state index contributed by atoms with van der Waals surface area (Å²) in [6.07, 6.45) is 87.2. The molecule has 0 saturated carbocycles. The maximum absolute atomic E-state index is 13.1. The van der Waals surface area contributed by atoms with Crippen LogP contribution < -0.4 is 5.32 Å². The summed E-state index contributed by atoms with van der Waals surface area (Å²) in [5, 5.41) is 14.1. The topological polar surface area (TPSA) is 105 Å². The molecule has 3 atom stereocenters. The van der Waals surface area contributed by atoms with Crippen LogP contribution in [0.25, 0.3) is 0 Å². The highest BCUT2D eigenvalue weighted by Gasteiger charge is 2.28. The molecule has 0 bridgehead atoms. The van der Waals surface area contributed by atoms with Crippen LogP contribution in [0.3, 0.4) is 0 Å². The summed E-state index contributed by atoms with van der Waals surface area (Å²) in [5.41, 5.74) is 0. The van der Waals surface area contributed by atoms with E-state index in [2.05, 4.69) is 92.1 Å². The molecular formula is C72H136N2O6P+. The molecule has 474 valence electrons. The molecule has 3 N–H and O–H groups in total. The maximum Gasteiger partial charge on any atom is 0.472 e. The van der Waals surface area contributed by atoms with Crippen molar-refractivity contribution >= 4 is 13.7 Å². The molecule has 0 saturated heterocycles. The van der Waals surface area contributed by atoms with E-state index in [1.165, 1.54) is 225 Å². The van der Waals surface area contributed by atoms with Gasteiger partial charge in [0.2, 0.25) is 5.91 Å². The summed E-state index contributed by atoms with van der Waals surface area (Å²) >= 11 is 0. The van der Waals surface area contributed by atoms with Crippen molar-refractivity contribution in [2.45, 2.75) is 341 Å². The van der Waals surface area contributed by atoms with E-state index in [4.69, 9.17) is 9.05 Å². The molecule has 0 aliphatic heterocycles. The van der Waals surface area contributed by atoms with Crippen LogP contribution in [0, 0.1) is 0 Å². The van der Waals surface area contributed by atoms with Crippen molar-refractivity contribution in [2.75, 3.05) is 40.9 Å². The van der Waals surface area contributed by atoms with Gasteiger partial charge in [-0.25, -0.2) is 4.57 Å². The first-order valence-corrected chi connectivity index (χ1v) is 36.3. The van der Waals surface area contributed by atoms with E-state index >= 15 is 0 Å². The molecule has 0 aromatic heterocycles. The molecule has 9 heteroatoms. The molecule has 0 heterocycles. The van der Waals surface area contributed by atoms with Crippen molar-refractivity contribution in [1.29, 1.82) is 0 Å². The lowest BCUT2D eigenvalue weighted by Gasteiger charge is -2.26. The number of aliphatic hydroxyl groups excluding tert-OH is 1. The van der Waals surface area contributed by atoms with Crippen LogP contribution in [0.2, 0.25) is 0 Å². The summed E-state index contributed by atoms with van der Waals surface area (Å²) in [7, 11) is 1.63. The number of nitrogens with zero attached hydrogens (tertiary/aromatic N) is 1. The number of carbonyl (C=O) groups is 1. The lowest BCUT2D eigenvalue weighted by atomic mass is 10.0. The Kier molecular flexibility index (Phi) is 60.9. The summed E-state index contributed by atoms with van der Waals surface area (Å²) in [6.45, 7) is 4.81. The standard InChI is InChI=1S/C72H135N2O6P/c1-6-8-10-12-14-16-18-20-22-24-26-28-29-30-31-32-33-34-35-36-37-38-39-40-41-42-43-44-45-46-48-50-52-54-56-58-60-62-64-66-72(76)73-70(69-80-81(77,78)79-68-67-74(3,4)5)71(75)65-63-61-59-57-55-53-51-49-47-27-25-23-21-19-17-15-13-11-9-7-2/h8,10,14,16,20,22,26,28,30-31,33-34,70-71,75H,6-7,9,11-13,15,17-19,21,23-25,27,29,32,35-69H2,1-5H3,(H-,73,76,77,78)/p+1/b10-8-,16-14-,22-20-,28-26-,31-30-,34-33-. The molecule has 3 unspecified atom stereocenters. The number of amides is 1. The minimum Gasteiger partial charge on any atom is -0.391 e. The Bertz CT molecular complexity index is 1550. The maximum atomic E-state index is 13.1. The van der Waals surface area contributed by atoms with Crippen LogP contribution in [0.15, 0.2) is 72.9 Å². The first-order chi connectivity index (χ1) is 39.5. The minimum absolute atomic E-state index is 0.0753. The van der Waals surface area contributed by atoms with Crippen molar-refractivity contribution in [2.24, 2.45) is 0 Å². The molecule has 0 aromatic rings. The molecule has 0 rings (SSSR count). The van der Waals surface area contributed by atoms with Crippen molar-refractivity contribution in [3.05, 3.63) is 72.9 Å². The van der Waals surface area contributed by atoms with Gasteiger partial charge in [-0.2, -0.15) is 0 Å². The van der Waals surface area contributed by atoms with Gasteiger partial charge in [0.25, 0.3) is 0 Å². The first-order valence-electron chi connectivity index (χ1n) is 34.8. The molecule has 0 spiro atoms. The third kappa shape index (κ3) is 65.3. The number of allylic oxidation sites excluding steroid dienone is 12. The molecule has 8 nitrogen and oxygen atoms in total. The van der Waals surface area contributed by atoms with Gasteiger partial charge in [0.15, 0.2) is 0 Å². The van der Waals surface area contributed by atoms with E-state index in [1.807, 2.05) is 21.1 Å². The summed E-state index contributed by atoms with van der Waals surface area (Å²) in [4.78, 5) is 23.4. The minimum atomic E-state index is -4.33. The number of hydrogen-bond acceptors (Lipinski definition) is 5. The number of phosphoric acid groups is 1. The zero-order valence-electron chi connectivity index (χ0n) is 54.3. The molecular weight excluding hydrogens is 1020 g/mol. The van der Waals surface area contributed by atoms with Gasteiger partial charge < -0.3 is 19.8 Å². The van der Waals surface area contributed by atoms with Crippen molar-refractivity contribution in [3.8, 4) is 0 Å². The van der Waals surface area contributed by atoms with Gasteiger partial charge in [-0.05, 0) is 64.2 Å². The molecule has 1 amide bonds. The number of phosphoric ester groups is 1. The molecule has 0 radical (unpaired) electrons. The fourth-order valence-corrected chi connectivity index (χ4v) is 11.1. The predicted molar refractivity (Wildman–Crippen MR) is 355 cm³/mol. The van der Waals surface area contributed by atoms with Crippen molar-refractivity contribution in [1.82, 2.24) is 5.32 Å². The highest BCUT2D eigenvalue weighted by molar-refractivity contribution is 7.47. The van der Waals surface area contributed by atoms with E-state index in [1.54, 1.807) is 0 Å². The Morgan fingerprint density at radius 3 is 1.09 bits per heavy atom. The number of nitrogens with one attached hydrogen (secondary N) is 1. The number of hydrogen-bond donors (Lipinski definition) is 3. The highest BCUT2D eigenvalue weighted by atomic mass is 31.2. The van der Waals surface area contributed by atoms with Crippen LogP contribution in [-0.4, -0.2) is 73.4 Å². The number of rotatable bonds is 64. The average Bonchev–Trinajstić information content (AvgIpc) is 3.43. The van der Waals surface area contributed by atoms with Crippen LogP contribution in [0.4, 0.5) is 0 Å². The fourth-order valence-electron chi connectivity index (χ4n) is 10.3. The number of likely N-dealkylation sites (N-methyl/N-ethyl adjacent to an activating group) is 1. The Labute approximate surface area is 504 Å². The van der Waals surface area contributed by atoms with E-state index in [0.717, 1.165) is 77.0 Å². The highest BCUT2D eigenvalue weighted by Crippen LogP contribution is 2.43. The lowest BCUT2D eigenvalue weighted by molar-refractivity contribution is -0.870. The van der Waals surface area contributed by atoms with E-state index in [-0.39, 0.29) is 19.1 Å². The zero-order chi connectivity index (χ0) is 59.1. The summed E-state index contributed by atoms with van der Waals surface area (Å²) in [6, 6.07) is -0.762. The number of aliphatic hydroxyl groups is 1. The van der Waals surface area contributed by atoms with Gasteiger partial charge >= 0.3 is 7.82 Å². The zero-order valence-corrected chi connectivity index (χ0v) is 55.2. The quantitative estimate of drug-likeness (QED) is 0.0243. The summed E-state index contributed by atoms with van der Waals surface area (Å²) in [5.74, 6) is -0.139. The summed E-state index contributed by atoms with van der Waals surface area (Å²) < 4.78 is 23.9. The number of carbonyl (C=O) groups excluding carboxylic acids is 1. The van der Waals surface area contributed by atoms with E-state index in [0.29, 0.717) is 23.9 Å². The van der Waals surface area contributed by atoms with Crippen LogP contribution >= 0.6 is 7.82 Å². The molecule has 0 fully saturated rings. The third-order valence-corrected chi connectivity index (χ3v) is 16.7. The van der Waals surface area contributed by atoms with Gasteiger partial charge in [0.1, 0.15) is 13.2 Å². The number of unbranched alkanes of at least 4 members (excludes halogenated alkanes) is 39. The second kappa shape index (κ2) is 62.5. The SMILES string of the molecule is CC/C=C\C/C=C\C/C=C\C/C=C\C/C=C\C/C=C\CCCCCCCCCCCCCCCCCCCCCCC(=O)NC(COP(=O)(O)OCC[N+](C)(C)C)C(O)CCCCCCCCCCCCCCCCCCCCCC. The van der Waals surface area contributed by atoms with Crippen LogP contribution in [-0.2, 0) is 18.4 Å². The van der Waals surface area contributed by atoms with Gasteiger partial charge in [0, 0.05) is 6.42 Å². The fraction of sp³-hybridized carbons (Fsp3) is 0.819. The normalized spacial score (nSPS) is 14.1. The average molecular weight is 1160 g/mol. The Balaban J connectivity index is 3.95. The Morgan fingerprint density at radius 1 is 0.432 bits per heavy atom. The van der Waals surface area contributed by atoms with Crippen LogP contribution in [0.1, 0.15) is 328 Å².